The summed E-state index contributed by atoms with van der Waals surface area (Å²) in [6.07, 6.45) is 2.01. The largest absolute Gasteiger partial charge is 0.295 e. The molecule has 6 nitrogen and oxygen atoms in total. The molecule has 1 saturated carbocycles. The maximum atomic E-state index is 13.3. The number of imidazole rings is 1. The summed E-state index contributed by atoms with van der Waals surface area (Å²) >= 11 is 9.65. The maximum Gasteiger partial charge on any atom is 0.271 e. The molecule has 0 saturated heterocycles. The number of anilines is 1. The molecule has 30 heavy (non-hydrogen) atoms. The minimum Gasteiger partial charge on any atom is -0.295 e. The number of nitrogens with one attached hydrogen (secondary N) is 1. The SMILES string of the molecule is CC(=O)Nc1nc2cc(C(Br)C3CC/C3=C/Cl)ccc2n1S(=O)(=O)c1ccccc1. The monoisotopic (exact) mass is 507 g/mol. The van der Waals surface area contributed by atoms with Crippen LogP contribution in [0.25, 0.3) is 11.0 Å². The van der Waals surface area contributed by atoms with Crippen molar-refractivity contribution in [3.63, 3.8) is 0 Å². The average Bonchev–Trinajstić information content (AvgIpc) is 3.05. The van der Waals surface area contributed by atoms with Gasteiger partial charge >= 0.3 is 0 Å². The Kier molecular flexibility index (Phi) is 5.74. The van der Waals surface area contributed by atoms with Gasteiger partial charge in [0.15, 0.2) is 0 Å². The molecule has 0 spiro atoms. The summed E-state index contributed by atoms with van der Waals surface area (Å²) in [5.41, 5.74) is 4.68. The van der Waals surface area contributed by atoms with Crippen molar-refractivity contribution >= 4 is 60.4 Å². The summed E-state index contributed by atoms with van der Waals surface area (Å²) in [6.45, 7) is 1.31. The molecule has 1 amide bonds. The normalized spacial score (nSPS) is 18.9. The van der Waals surface area contributed by atoms with Crippen LogP contribution in [-0.2, 0) is 14.8 Å². The molecule has 1 heterocycles. The molecule has 9 heteroatoms. The molecule has 0 bridgehead atoms. The molecular weight excluding hydrogens is 490 g/mol. The van der Waals surface area contributed by atoms with Crippen LogP contribution in [0.5, 0.6) is 0 Å². The Morgan fingerprint density at radius 3 is 2.63 bits per heavy atom. The number of hydrogen-bond acceptors (Lipinski definition) is 4. The second-order valence-electron chi connectivity index (χ2n) is 7.18. The van der Waals surface area contributed by atoms with Gasteiger partial charge in [-0.1, -0.05) is 57.4 Å². The van der Waals surface area contributed by atoms with Gasteiger partial charge < -0.3 is 0 Å². The molecule has 3 aromatic rings. The molecule has 2 atom stereocenters. The van der Waals surface area contributed by atoms with Gasteiger partial charge in [-0.3, -0.25) is 10.1 Å². The van der Waals surface area contributed by atoms with Crippen molar-refractivity contribution in [1.29, 1.82) is 0 Å². The molecule has 1 aliphatic carbocycles. The lowest BCUT2D eigenvalue weighted by molar-refractivity contribution is -0.114. The van der Waals surface area contributed by atoms with E-state index in [1.54, 1.807) is 29.8 Å². The van der Waals surface area contributed by atoms with Crippen LogP contribution in [0.3, 0.4) is 0 Å². The summed E-state index contributed by atoms with van der Waals surface area (Å²) in [6, 6.07) is 13.5. The van der Waals surface area contributed by atoms with Crippen LogP contribution < -0.4 is 5.32 Å². The fraction of sp³-hybridized carbons (Fsp3) is 0.238. The number of rotatable bonds is 5. The third-order valence-electron chi connectivity index (χ3n) is 5.24. The Balaban J connectivity index is 1.84. The number of allylic oxidation sites excluding steroid dienone is 1. The van der Waals surface area contributed by atoms with E-state index in [0.29, 0.717) is 17.0 Å². The highest BCUT2D eigenvalue weighted by Gasteiger charge is 2.32. The van der Waals surface area contributed by atoms with E-state index < -0.39 is 15.9 Å². The number of halogens is 2. The van der Waals surface area contributed by atoms with Gasteiger partial charge in [-0.15, -0.1) is 0 Å². The zero-order chi connectivity index (χ0) is 21.5. The predicted octanol–water partition coefficient (Wildman–Crippen LogP) is 5.20. The summed E-state index contributed by atoms with van der Waals surface area (Å²) in [4.78, 5) is 16.3. The first kappa shape index (κ1) is 21.1. The van der Waals surface area contributed by atoms with Crippen molar-refractivity contribution in [3.8, 4) is 0 Å². The number of nitrogens with zero attached hydrogens (tertiary/aromatic N) is 2. The summed E-state index contributed by atoms with van der Waals surface area (Å²) in [7, 11) is -3.95. The number of carbonyl (C=O) groups is 1. The molecule has 1 fully saturated rings. The third kappa shape index (κ3) is 3.68. The molecule has 1 aliphatic rings. The standard InChI is InChI=1S/C21H19BrClN3O3S/c1-13(27)24-21-25-18-11-14(20(22)17-9-7-15(17)12-23)8-10-19(18)26(21)30(28,29)16-5-3-2-4-6-16/h2-6,8,10-12,17,20H,7,9H2,1H3,(H,24,25,27)/b15-12-. The highest BCUT2D eigenvalue weighted by atomic mass is 79.9. The molecule has 0 radical (unpaired) electrons. The number of aromatic nitrogens is 2. The van der Waals surface area contributed by atoms with E-state index in [4.69, 9.17) is 11.6 Å². The molecule has 4 rings (SSSR count). The number of alkyl halides is 1. The van der Waals surface area contributed by atoms with Crippen molar-refractivity contribution in [2.75, 3.05) is 5.32 Å². The summed E-state index contributed by atoms with van der Waals surface area (Å²) in [5, 5.41) is 2.54. The van der Waals surface area contributed by atoms with E-state index in [-0.39, 0.29) is 15.7 Å². The Morgan fingerprint density at radius 1 is 1.30 bits per heavy atom. The first-order valence-electron chi connectivity index (χ1n) is 9.36. The number of benzene rings is 2. The number of hydrogen-bond donors (Lipinski definition) is 1. The Hall–Kier alpha value is -2.16. The van der Waals surface area contributed by atoms with Crippen LogP contribution in [0, 0.1) is 5.92 Å². The van der Waals surface area contributed by atoms with Crippen molar-refractivity contribution in [1.82, 2.24) is 8.96 Å². The first-order chi connectivity index (χ1) is 14.3. The molecule has 156 valence electrons. The Labute approximate surface area is 188 Å². The van der Waals surface area contributed by atoms with Gasteiger partial charge in [0.05, 0.1) is 15.9 Å². The van der Waals surface area contributed by atoms with Crippen molar-refractivity contribution < 1.29 is 13.2 Å². The Morgan fingerprint density at radius 2 is 2.03 bits per heavy atom. The van der Waals surface area contributed by atoms with Gasteiger partial charge in [0.2, 0.25) is 11.9 Å². The maximum absolute atomic E-state index is 13.3. The van der Waals surface area contributed by atoms with Crippen LogP contribution in [-0.4, -0.2) is 23.3 Å². The second kappa shape index (κ2) is 8.17. The van der Waals surface area contributed by atoms with Crippen molar-refractivity contribution in [3.05, 3.63) is 65.2 Å². The number of carbonyl (C=O) groups excluding carboxylic acids is 1. The van der Waals surface area contributed by atoms with Gasteiger partial charge in [0.1, 0.15) is 0 Å². The highest BCUT2D eigenvalue weighted by molar-refractivity contribution is 9.09. The van der Waals surface area contributed by atoms with Crippen LogP contribution in [0.1, 0.15) is 30.2 Å². The fourth-order valence-corrected chi connectivity index (χ4v) is 6.20. The summed E-state index contributed by atoms with van der Waals surface area (Å²) < 4.78 is 27.7. The molecule has 0 aliphatic heterocycles. The third-order valence-corrected chi connectivity index (χ3v) is 8.40. The van der Waals surface area contributed by atoms with E-state index >= 15 is 0 Å². The van der Waals surface area contributed by atoms with E-state index in [1.165, 1.54) is 24.6 Å². The quantitative estimate of drug-likeness (QED) is 0.480. The van der Waals surface area contributed by atoms with Crippen LogP contribution in [0.15, 0.2) is 64.5 Å². The predicted molar refractivity (Wildman–Crippen MR) is 121 cm³/mol. The highest BCUT2D eigenvalue weighted by Crippen LogP contribution is 2.47. The number of fused-ring (bicyclic) bond motifs is 1. The lowest BCUT2D eigenvalue weighted by atomic mass is 9.76. The van der Waals surface area contributed by atoms with E-state index in [1.807, 2.05) is 12.1 Å². The average molecular weight is 509 g/mol. The van der Waals surface area contributed by atoms with Gasteiger partial charge in [0, 0.05) is 17.3 Å². The number of amides is 1. The zero-order valence-electron chi connectivity index (χ0n) is 16.0. The van der Waals surface area contributed by atoms with Gasteiger partial charge in [0.25, 0.3) is 10.0 Å². The van der Waals surface area contributed by atoms with Crippen LogP contribution in [0.4, 0.5) is 5.95 Å². The topological polar surface area (TPSA) is 81.1 Å². The zero-order valence-corrected chi connectivity index (χ0v) is 19.2. The van der Waals surface area contributed by atoms with Crippen LogP contribution in [0.2, 0.25) is 0 Å². The Bertz CT molecular complexity index is 1260. The molecular formula is C21H19BrClN3O3S. The lowest BCUT2D eigenvalue weighted by Crippen LogP contribution is -2.20. The second-order valence-corrected chi connectivity index (χ2v) is 10.2. The first-order valence-corrected chi connectivity index (χ1v) is 12.2. The molecule has 2 aromatic carbocycles. The van der Waals surface area contributed by atoms with Crippen LogP contribution >= 0.6 is 27.5 Å². The van der Waals surface area contributed by atoms with E-state index in [0.717, 1.165) is 22.4 Å². The fourth-order valence-electron chi connectivity index (χ4n) is 3.60. The van der Waals surface area contributed by atoms with Gasteiger partial charge in [-0.05, 0) is 48.6 Å². The van der Waals surface area contributed by atoms with E-state index in [2.05, 4.69) is 26.2 Å². The molecule has 1 N–H and O–H groups in total. The smallest absolute Gasteiger partial charge is 0.271 e. The minimum atomic E-state index is -3.95. The van der Waals surface area contributed by atoms with Crippen molar-refractivity contribution in [2.45, 2.75) is 29.5 Å². The summed E-state index contributed by atoms with van der Waals surface area (Å²) in [5.74, 6) is -0.140. The van der Waals surface area contributed by atoms with E-state index in [9.17, 15) is 13.2 Å². The molecule has 1 aromatic heterocycles. The van der Waals surface area contributed by atoms with Crippen molar-refractivity contribution in [2.24, 2.45) is 5.92 Å². The van der Waals surface area contributed by atoms with Gasteiger partial charge in [-0.2, -0.15) is 0 Å². The minimum absolute atomic E-state index is 0.0328. The lowest BCUT2D eigenvalue weighted by Gasteiger charge is -2.33. The van der Waals surface area contributed by atoms with Gasteiger partial charge in [-0.25, -0.2) is 17.4 Å². The molecule has 2 unspecified atom stereocenters.